The molecule has 2 aromatic carbocycles. The van der Waals surface area contributed by atoms with Crippen LogP contribution in [0.5, 0.6) is 5.75 Å². The zero-order valence-electron chi connectivity index (χ0n) is 12.4. The first-order valence-corrected chi connectivity index (χ1v) is 6.91. The van der Waals surface area contributed by atoms with E-state index >= 15 is 0 Å². The van der Waals surface area contributed by atoms with E-state index in [0.717, 1.165) is 16.9 Å². The normalized spacial score (nSPS) is 11.4. The lowest BCUT2D eigenvalue weighted by molar-refractivity contribution is 0.281. The summed E-state index contributed by atoms with van der Waals surface area (Å²) in [6.07, 6.45) is 0. The van der Waals surface area contributed by atoms with Crippen LogP contribution < -0.4 is 4.74 Å². The largest absolute Gasteiger partial charge is 0.489 e. The van der Waals surface area contributed by atoms with E-state index in [1.165, 1.54) is 5.56 Å². The van der Waals surface area contributed by atoms with E-state index in [1.54, 1.807) is 0 Å². The Balaban J connectivity index is 2.10. The third-order valence-electron chi connectivity index (χ3n) is 3.29. The third kappa shape index (κ3) is 3.61. The van der Waals surface area contributed by atoms with Crippen molar-refractivity contribution in [2.24, 2.45) is 0 Å². The summed E-state index contributed by atoms with van der Waals surface area (Å²) in [7, 11) is 0. The van der Waals surface area contributed by atoms with E-state index in [4.69, 9.17) is 9.84 Å². The maximum Gasteiger partial charge on any atom is 0.123 e. The van der Waals surface area contributed by atoms with Gasteiger partial charge in [-0.1, -0.05) is 63.2 Å². The number of benzene rings is 2. The zero-order valence-corrected chi connectivity index (χ0v) is 12.4. The van der Waals surface area contributed by atoms with Gasteiger partial charge in [-0.3, -0.25) is 0 Å². The van der Waals surface area contributed by atoms with Gasteiger partial charge in [0.05, 0.1) is 6.61 Å². The van der Waals surface area contributed by atoms with Crippen molar-refractivity contribution in [3.63, 3.8) is 0 Å². The fourth-order valence-corrected chi connectivity index (χ4v) is 2.11. The zero-order chi connectivity index (χ0) is 14.6. The number of aliphatic hydroxyl groups is 1. The monoisotopic (exact) mass is 270 g/mol. The summed E-state index contributed by atoms with van der Waals surface area (Å²) < 4.78 is 5.96. The van der Waals surface area contributed by atoms with Gasteiger partial charge in [-0.05, 0) is 28.2 Å². The second kappa shape index (κ2) is 6.10. The average Bonchev–Trinajstić information content (AvgIpc) is 2.45. The molecule has 0 saturated carbocycles. The topological polar surface area (TPSA) is 29.5 Å². The smallest absolute Gasteiger partial charge is 0.123 e. The molecule has 2 aromatic rings. The van der Waals surface area contributed by atoms with Crippen molar-refractivity contribution < 1.29 is 9.84 Å². The predicted molar refractivity (Wildman–Crippen MR) is 81.8 cm³/mol. The quantitative estimate of drug-likeness (QED) is 0.908. The van der Waals surface area contributed by atoms with Crippen molar-refractivity contribution in [2.45, 2.75) is 39.4 Å². The molecule has 0 amide bonds. The highest BCUT2D eigenvalue weighted by Crippen LogP contribution is 2.31. The minimum atomic E-state index is 0.0668. The van der Waals surface area contributed by atoms with Crippen LogP contribution in [0.2, 0.25) is 0 Å². The molecule has 0 aliphatic heterocycles. The number of para-hydroxylation sites is 1. The van der Waals surface area contributed by atoms with Gasteiger partial charge in [0.2, 0.25) is 0 Å². The maximum atomic E-state index is 9.03. The molecule has 0 aliphatic carbocycles. The van der Waals surface area contributed by atoms with Gasteiger partial charge >= 0.3 is 0 Å². The van der Waals surface area contributed by atoms with E-state index in [2.05, 4.69) is 26.8 Å². The molecule has 0 saturated heterocycles. The summed E-state index contributed by atoms with van der Waals surface area (Å²) >= 11 is 0. The third-order valence-corrected chi connectivity index (χ3v) is 3.29. The average molecular weight is 270 g/mol. The molecule has 2 heteroatoms. The Morgan fingerprint density at radius 1 is 0.900 bits per heavy atom. The molecule has 0 radical (unpaired) electrons. The lowest BCUT2D eigenvalue weighted by Gasteiger charge is -2.22. The van der Waals surface area contributed by atoms with Gasteiger partial charge in [0.25, 0.3) is 0 Å². The van der Waals surface area contributed by atoms with Gasteiger partial charge in [-0.15, -0.1) is 0 Å². The van der Waals surface area contributed by atoms with Crippen molar-refractivity contribution in [2.75, 3.05) is 0 Å². The summed E-state index contributed by atoms with van der Waals surface area (Å²) in [5.41, 5.74) is 3.30. The molecular weight excluding hydrogens is 248 g/mol. The molecule has 0 unspecified atom stereocenters. The van der Waals surface area contributed by atoms with Crippen LogP contribution in [0.15, 0.2) is 48.5 Å². The summed E-state index contributed by atoms with van der Waals surface area (Å²) in [4.78, 5) is 0. The molecule has 20 heavy (non-hydrogen) atoms. The van der Waals surface area contributed by atoms with E-state index in [1.807, 2.05) is 42.5 Å². The molecule has 2 rings (SSSR count). The molecular formula is C18H22O2. The second-order valence-electron chi connectivity index (χ2n) is 6.01. The fraction of sp³-hybridized carbons (Fsp3) is 0.333. The molecule has 0 atom stereocenters. The number of hydrogen-bond acceptors (Lipinski definition) is 2. The van der Waals surface area contributed by atoms with Gasteiger partial charge in [-0.2, -0.15) is 0 Å². The van der Waals surface area contributed by atoms with Crippen molar-refractivity contribution in [1.82, 2.24) is 0 Å². The molecule has 0 aliphatic rings. The molecule has 0 fully saturated rings. The number of aliphatic hydroxyl groups excluding tert-OH is 1. The predicted octanol–water partition coefficient (Wildman–Crippen LogP) is 4.06. The standard InChI is InChI=1S/C18H22O2/c1-18(2,3)16-6-4-5-7-17(16)20-13-15-10-8-14(12-19)9-11-15/h4-11,19H,12-13H2,1-3H3. The van der Waals surface area contributed by atoms with Crippen LogP contribution in [0.4, 0.5) is 0 Å². The summed E-state index contributed by atoms with van der Waals surface area (Å²) in [5.74, 6) is 0.936. The molecule has 0 bridgehead atoms. The Morgan fingerprint density at radius 2 is 1.50 bits per heavy atom. The second-order valence-corrected chi connectivity index (χ2v) is 6.01. The Kier molecular flexibility index (Phi) is 4.46. The van der Waals surface area contributed by atoms with Gasteiger partial charge in [0, 0.05) is 0 Å². The Bertz CT molecular complexity index is 550. The van der Waals surface area contributed by atoms with Gasteiger partial charge < -0.3 is 9.84 Å². The van der Waals surface area contributed by atoms with Crippen LogP contribution >= 0.6 is 0 Å². The molecule has 0 spiro atoms. The van der Waals surface area contributed by atoms with Crippen molar-refractivity contribution >= 4 is 0 Å². The van der Waals surface area contributed by atoms with Crippen LogP contribution in [-0.4, -0.2) is 5.11 Å². The molecule has 0 heterocycles. The first-order valence-electron chi connectivity index (χ1n) is 6.91. The first kappa shape index (κ1) is 14.6. The van der Waals surface area contributed by atoms with E-state index in [-0.39, 0.29) is 12.0 Å². The Morgan fingerprint density at radius 3 is 2.10 bits per heavy atom. The summed E-state index contributed by atoms with van der Waals surface area (Å²) in [6.45, 7) is 7.18. The fourth-order valence-electron chi connectivity index (χ4n) is 2.11. The minimum Gasteiger partial charge on any atom is -0.489 e. The summed E-state index contributed by atoms with van der Waals surface area (Å²) in [5, 5.41) is 9.03. The Labute approximate surface area is 121 Å². The van der Waals surface area contributed by atoms with Gasteiger partial charge in [0.15, 0.2) is 0 Å². The van der Waals surface area contributed by atoms with Crippen molar-refractivity contribution in [3.05, 3.63) is 65.2 Å². The van der Waals surface area contributed by atoms with Gasteiger partial charge in [-0.25, -0.2) is 0 Å². The lowest BCUT2D eigenvalue weighted by atomic mass is 9.86. The lowest BCUT2D eigenvalue weighted by Crippen LogP contribution is -2.13. The first-order chi connectivity index (χ1) is 9.50. The number of ether oxygens (including phenoxy) is 1. The molecule has 0 aromatic heterocycles. The highest BCUT2D eigenvalue weighted by molar-refractivity contribution is 5.38. The molecule has 106 valence electrons. The van der Waals surface area contributed by atoms with Gasteiger partial charge in [0.1, 0.15) is 12.4 Å². The van der Waals surface area contributed by atoms with Crippen molar-refractivity contribution in [3.8, 4) is 5.75 Å². The SMILES string of the molecule is CC(C)(C)c1ccccc1OCc1ccc(CO)cc1. The molecule has 1 N–H and O–H groups in total. The van der Waals surface area contributed by atoms with Crippen LogP contribution in [-0.2, 0) is 18.6 Å². The highest BCUT2D eigenvalue weighted by Gasteiger charge is 2.18. The highest BCUT2D eigenvalue weighted by atomic mass is 16.5. The summed E-state index contributed by atoms with van der Waals surface area (Å²) in [6, 6.07) is 16.0. The van der Waals surface area contributed by atoms with E-state index in [9.17, 15) is 0 Å². The Hall–Kier alpha value is -1.80. The van der Waals surface area contributed by atoms with Crippen LogP contribution in [0.3, 0.4) is 0 Å². The van der Waals surface area contributed by atoms with Crippen LogP contribution in [0.1, 0.15) is 37.5 Å². The van der Waals surface area contributed by atoms with E-state index in [0.29, 0.717) is 6.61 Å². The minimum absolute atomic E-state index is 0.0668. The maximum absolute atomic E-state index is 9.03. The molecule has 2 nitrogen and oxygen atoms in total. The van der Waals surface area contributed by atoms with Crippen LogP contribution in [0.25, 0.3) is 0 Å². The van der Waals surface area contributed by atoms with Crippen molar-refractivity contribution in [1.29, 1.82) is 0 Å². The van der Waals surface area contributed by atoms with Crippen LogP contribution in [0, 0.1) is 0 Å². The number of hydrogen-bond donors (Lipinski definition) is 1. The van der Waals surface area contributed by atoms with E-state index < -0.39 is 0 Å². The number of rotatable bonds is 4.